The molecule has 5 fully saturated rings. The number of fused-ring (bicyclic) bond motifs is 9. The van der Waals surface area contributed by atoms with Crippen molar-refractivity contribution in [1.29, 1.82) is 0 Å². The van der Waals surface area contributed by atoms with E-state index >= 15 is 0 Å². The fourth-order valence-electron chi connectivity index (χ4n) is 6.39. The number of rotatable bonds is 0. The summed E-state index contributed by atoms with van der Waals surface area (Å²) < 4.78 is 7.77. The van der Waals surface area contributed by atoms with Gasteiger partial charge in [0.1, 0.15) is 0 Å². The van der Waals surface area contributed by atoms with Gasteiger partial charge in [0.2, 0.25) is 0 Å². The summed E-state index contributed by atoms with van der Waals surface area (Å²) in [6.07, 6.45) is 0.161. The average molecular weight is 442 g/mol. The quantitative estimate of drug-likeness (QED) is 0.325. The number of alkyl halides is 4. The number of cyclic esters (lactones) is 4. The molecular weight excluding hydrogens is 430 g/mol. The Hall–Kier alpha value is -0.560. The van der Waals surface area contributed by atoms with Gasteiger partial charge in [0, 0.05) is 0 Å². The zero-order valence-electron chi connectivity index (χ0n) is 13.2. The molecule has 5 rings (SSSR count). The largest absolute Gasteiger partial charge is 0.393 e. The molecular formula is C16H12Cl4O6. The third-order valence-electron chi connectivity index (χ3n) is 7.22. The molecule has 26 heavy (non-hydrogen) atoms. The van der Waals surface area contributed by atoms with Crippen molar-refractivity contribution in [1.82, 2.24) is 0 Å². The Bertz CT molecular complexity index is 813. The zero-order valence-corrected chi connectivity index (χ0v) is 16.2. The third-order valence-corrected chi connectivity index (χ3v) is 10.4. The molecule has 10 heteroatoms. The van der Waals surface area contributed by atoms with Gasteiger partial charge in [-0.1, -0.05) is 30.1 Å². The zero-order chi connectivity index (χ0) is 19.0. The summed E-state index contributed by atoms with van der Waals surface area (Å²) in [6, 6.07) is 0. The average Bonchev–Trinajstić information content (AvgIpc) is 3.09. The summed E-state index contributed by atoms with van der Waals surface area (Å²) in [5.41, 5.74) is 0. The highest BCUT2D eigenvalue weighted by Gasteiger charge is 2.91. The first kappa shape index (κ1) is 17.5. The Kier molecular flexibility index (Phi) is 3.17. The Morgan fingerprint density at radius 3 is 2.00 bits per heavy atom. The minimum Gasteiger partial charge on any atom is -0.393 e. The lowest BCUT2D eigenvalue weighted by molar-refractivity contribution is -0.155. The van der Waals surface area contributed by atoms with Crippen LogP contribution in [0.1, 0.15) is 13.3 Å². The van der Waals surface area contributed by atoms with Gasteiger partial charge in [-0.15, -0.1) is 23.2 Å². The number of ether oxygens (including phenoxy) is 2. The van der Waals surface area contributed by atoms with Crippen LogP contribution in [0.4, 0.5) is 0 Å². The maximum atomic E-state index is 12.4. The maximum absolute atomic E-state index is 12.4. The maximum Gasteiger partial charge on any atom is 0.319 e. The lowest BCUT2D eigenvalue weighted by Crippen LogP contribution is -2.56. The number of halogens is 4. The van der Waals surface area contributed by atoms with Crippen LogP contribution in [0.15, 0.2) is 0 Å². The van der Waals surface area contributed by atoms with Crippen molar-refractivity contribution in [2.45, 2.75) is 27.4 Å². The molecule has 0 N–H and O–H groups in total. The van der Waals surface area contributed by atoms with Crippen molar-refractivity contribution < 1.29 is 28.7 Å². The van der Waals surface area contributed by atoms with Gasteiger partial charge in [0.15, 0.2) is 4.33 Å². The standard InChI is InChI=1S/C16H12Cl4O6/c1-3-6-4(10(21)25-11(6)22)2-5-7(3)15(18)9-8(12(23)26-13(9)24)14(5,17)16(15,19)20/h3-9H,2H2,1H3. The molecule has 9 atom stereocenters. The van der Waals surface area contributed by atoms with Gasteiger partial charge in [0.25, 0.3) is 0 Å². The van der Waals surface area contributed by atoms with Crippen molar-refractivity contribution in [2.75, 3.05) is 0 Å². The van der Waals surface area contributed by atoms with Gasteiger partial charge in [-0.3, -0.25) is 19.2 Å². The first-order valence-corrected chi connectivity index (χ1v) is 9.77. The topological polar surface area (TPSA) is 86.7 Å². The molecule has 2 saturated heterocycles. The van der Waals surface area contributed by atoms with Crippen LogP contribution in [0.5, 0.6) is 0 Å². The summed E-state index contributed by atoms with van der Waals surface area (Å²) in [6.45, 7) is 1.75. The van der Waals surface area contributed by atoms with Gasteiger partial charge in [-0.25, -0.2) is 0 Å². The van der Waals surface area contributed by atoms with Crippen LogP contribution < -0.4 is 0 Å². The number of esters is 4. The van der Waals surface area contributed by atoms with E-state index in [-0.39, 0.29) is 6.42 Å². The molecule has 0 spiro atoms. The summed E-state index contributed by atoms with van der Waals surface area (Å²) in [4.78, 5) is 45.8. The number of hydrogen-bond donors (Lipinski definition) is 0. The minimum atomic E-state index is -1.82. The third kappa shape index (κ3) is 1.48. The van der Waals surface area contributed by atoms with Gasteiger partial charge >= 0.3 is 23.9 Å². The van der Waals surface area contributed by atoms with Crippen molar-refractivity contribution in [2.24, 2.45) is 41.4 Å². The van der Waals surface area contributed by atoms with Gasteiger partial charge in [-0.2, -0.15) is 0 Å². The molecule has 2 aliphatic heterocycles. The van der Waals surface area contributed by atoms with Gasteiger partial charge < -0.3 is 9.47 Å². The van der Waals surface area contributed by atoms with Crippen molar-refractivity contribution >= 4 is 70.3 Å². The number of carbonyl (C=O) groups excluding carboxylic acids is 4. The predicted octanol–water partition coefficient (Wildman–Crippen LogP) is 2.05. The second-order valence-electron chi connectivity index (χ2n) is 7.91. The first-order chi connectivity index (χ1) is 12.0. The van der Waals surface area contributed by atoms with E-state index in [1.54, 1.807) is 6.92 Å². The van der Waals surface area contributed by atoms with Crippen LogP contribution in [0.2, 0.25) is 0 Å². The van der Waals surface area contributed by atoms with Crippen molar-refractivity contribution in [3.63, 3.8) is 0 Å². The van der Waals surface area contributed by atoms with Crippen LogP contribution in [0.3, 0.4) is 0 Å². The molecule has 140 valence electrons. The van der Waals surface area contributed by atoms with Crippen LogP contribution in [0.25, 0.3) is 0 Å². The molecule has 0 aromatic heterocycles. The van der Waals surface area contributed by atoms with E-state index < -0.39 is 79.4 Å². The molecule has 6 nitrogen and oxygen atoms in total. The highest BCUT2D eigenvalue weighted by Crippen LogP contribution is 2.81. The first-order valence-electron chi connectivity index (χ1n) is 8.26. The fourth-order valence-corrected chi connectivity index (χ4v) is 8.76. The molecule has 3 saturated carbocycles. The SMILES string of the molecule is CC1C2C(=O)OC(=O)C2CC2C1C1(Cl)C3C(=O)OC(=O)C3C2(Cl)C1(Cl)Cl. The molecule has 2 bridgehead atoms. The van der Waals surface area contributed by atoms with E-state index in [2.05, 4.69) is 0 Å². The second kappa shape index (κ2) is 4.70. The molecule has 3 aliphatic carbocycles. The van der Waals surface area contributed by atoms with Crippen LogP contribution in [0, 0.1) is 41.4 Å². The highest BCUT2D eigenvalue weighted by atomic mass is 35.5. The van der Waals surface area contributed by atoms with Gasteiger partial charge in [0.05, 0.1) is 33.4 Å². The lowest BCUT2D eigenvalue weighted by atomic mass is 9.55. The Morgan fingerprint density at radius 1 is 0.846 bits per heavy atom. The van der Waals surface area contributed by atoms with E-state index in [0.29, 0.717) is 0 Å². The van der Waals surface area contributed by atoms with E-state index in [4.69, 9.17) is 55.9 Å². The molecule has 0 amide bonds. The Labute approximate surface area is 167 Å². The normalized spacial score (nSPS) is 56.1. The number of hydrogen-bond acceptors (Lipinski definition) is 6. The van der Waals surface area contributed by atoms with Crippen molar-refractivity contribution in [3.05, 3.63) is 0 Å². The lowest BCUT2D eigenvalue weighted by Gasteiger charge is -2.49. The van der Waals surface area contributed by atoms with Crippen molar-refractivity contribution in [3.8, 4) is 0 Å². The molecule has 0 aromatic carbocycles. The van der Waals surface area contributed by atoms with Gasteiger partial charge in [-0.05, 0) is 24.2 Å². The smallest absolute Gasteiger partial charge is 0.319 e. The Balaban J connectivity index is 1.73. The fraction of sp³-hybridized carbons (Fsp3) is 0.750. The number of carbonyl (C=O) groups is 4. The minimum absolute atomic E-state index is 0.161. The van der Waals surface area contributed by atoms with E-state index in [1.165, 1.54) is 0 Å². The summed E-state index contributed by atoms with van der Waals surface area (Å²) in [5.74, 6) is -8.00. The van der Waals surface area contributed by atoms with E-state index in [9.17, 15) is 19.2 Å². The van der Waals surface area contributed by atoms with Crippen LogP contribution in [-0.2, 0) is 28.7 Å². The van der Waals surface area contributed by atoms with E-state index in [1.807, 2.05) is 0 Å². The molecule has 0 aromatic rings. The monoisotopic (exact) mass is 440 g/mol. The van der Waals surface area contributed by atoms with Crippen LogP contribution >= 0.6 is 46.4 Å². The molecule has 5 aliphatic rings. The molecule has 9 unspecified atom stereocenters. The summed E-state index contributed by atoms with van der Waals surface area (Å²) in [5, 5.41) is 0. The highest BCUT2D eigenvalue weighted by molar-refractivity contribution is 6.60. The predicted molar refractivity (Wildman–Crippen MR) is 88.5 cm³/mol. The van der Waals surface area contributed by atoms with Crippen LogP contribution in [-0.4, -0.2) is 38.0 Å². The summed E-state index contributed by atoms with van der Waals surface area (Å²) >= 11 is 27.2. The van der Waals surface area contributed by atoms with E-state index in [0.717, 1.165) is 0 Å². The molecule has 2 heterocycles. The second-order valence-corrected chi connectivity index (χ2v) is 10.5. The molecule has 0 radical (unpaired) electrons. The Morgan fingerprint density at radius 2 is 1.38 bits per heavy atom. The summed E-state index contributed by atoms with van der Waals surface area (Å²) in [7, 11) is 0.